The lowest BCUT2D eigenvalue weighted by atomic mass is 10.1. The van der Waals surface area contributed by atoms with Crippen LogP contribution in [0.5, 0.6) is 0 Å². The molecule has 0 atom stereocenters. The molecule has 156 valence electrons. The van der Waals surface area contributed by atoms with Gasteiger partial charge in [0.15, 0.2) is 0 Å². The number of carbonyl (C=O) groups excluding carboxylic acids is 2. The molecule has 0 bridgehead atoms. The summed E-state index contributed by atoms with van der Waals surface area (Å²) in [7, 11) is 0. The van der Waals surface area contributed by atoms with Crippen LogP contribution in [0.4, 0.5) is 5.69 Å². The van der Waals surface area contributed by atoms with Gasteiger partial charge in [-0.3, -0.25) is 14.6 Å². The van der Waals surface area contributed by atoms with Gasteiger partial charge in [-0.1, -0.05) is 0 Å². The van der Waals surface area contributed by atoms with Crippen LogP contribution in [0.2, 0.25) is 0 Å². The SMILES string of the molecule is Cc1c(-c2cncc(C(=O)NCC(C)(C)N)n2)[nH]c2ccc(N3CCCC3=O)cc12. The van der Waals surface area contributed by atoms with Gasteiger partial charge in [0.25, 0.3) is 5.91 Å². The number of aromatic amines is 1. The molecule has 1 aliphatic rings. The van der Waals surface area contributed by atoms with Crippen molar-refractivity contribution < 1.29 is 9.59 Å². The van der Waals surface area contributed by atoms with E-state index in [-0.39, 0.29) is 17.5 Å². The molecular weight excluding hydrogens is 380 g/mol. The van der Waals surface area contributed by atoms with E-state index >= 15 is 0 Å². The summed E-state index contributed by atoms with van der Waals surface area (Å²) >= 11 is 0. The molecule has 0 unspecified atom stereocenters. The zero-order valence-electron chi connectivity index (χ0n) is 17.5. The van der Waals surface area contributed by atoms with Gasteiger partial charge in [-0.25, -0.2) is 4.98 Å². The van der Waals surface area contributed by atoms with Crippen molar-refractivity contribution in [3.8, 4) is 11.4 Å². The first kappa shape index (κ1) is 20.0. The maximum Gasteiger partial charge on any atom is 0.271 e. The Morgan fingerprint density at radius 2 is 2.13 bits per heavy atom. The number of anilines is 1. The molecule has 0 spiro atoms. The van der Waals surface area contributed by atoms with Gasteiger partial charge in [-0.05, 0) is 51.0 Å². The minimum Gasteiger partial charge on any atom is -0.353 e. The van der Waals surface area contributed by atoms with E-state index in [1.807, 2.05) is 43.9 Å². The smallest absolute Gasteiger partial charge is 0.271 e. The van der Waals surface area contributed by atoms with E-state index in [2.05, 4.69) is 20.3 Å². The van der Waals surface area contributed by atoms with Gasteiger partial charge >= 0.3 is 0 Å². The van der Waals surface area contributed by atoms with Gasteiger partial charge in [-0.15, -0.1) is 0 Å². The van der Waals surface area contributed by atoms with Crippen molar-refractivity contribution >= 4 is 28.4 Å². The monoisotopic (exact) mass is 406 g/mol. The molecule has 4 rings (SSSR count). The largest absolute Gasteiger partial charge is 0.353 e. The van der Waals surface area contributed by atoms with Crippen LogP contribution < -0.4 is 16.0 Å². The fourth-order valence-electron chi connectivity index (χ4n) is 3.65. The number of benzene rings is 1. The topological polar surface area (TPSA) is 117 Å². The number of hydrogen-bond donors (Lipinski definition) is 3. The van der Waals surface area contributed by atoms with Gasteiger partial charge in [-0.2, -0.15) is 0 Å². The highest BCUT2D eigenvalue weighted by molar-refractivity contribution is 5.99. The summed E-state index contributed by atoms with van der Waals surface area (Å²) in [6.07, 6.45) is 4.56. The number of aryl methyl sites for hydroxylation is 1. The molecule has 0 aliphatic carbocycles. The normalized spacial score (nSPS) is 14.5. The van der Waals surface area contributed by atoms with Gasteiger partial charge < -0.3 is 20.9 Å². The molecule has 0 radical (unpaired) electrons. The Morgan fingerprint density at radius 3 is 2.83 bits per heavy atom. The zero-order valence-corrected chi connectivity index (χ0v) is 17.5. The third kappa shape index (κ3) is 3.91. The number of nitrogens with zero attached hydrogens (tertiary/aromatic N) is 3. The molecule has 1 aromatic carbocycles. The van der Waals surface area contributed by atoms with E-state index in [4.69, 9.17) is 5.73 Å². The van der Waals surface area contributed by atoms with Gasteiger partial charge in [0.2, 0.25) is 5.91 Å². The average molecular weight is 406 g/mol. The third-order valence-corrected chi connectivity index (χ3v) is 5.25. The highest BCUT2D eigenvalue weighted by atomic mass is 16.2. The summed E-state index contributed by atoms with van der Waals surface area (Å²) in [5.74, 6) is -0.153. The molecule has 1 fully saturated rings. The minimum absolute atomic E-state index is 0.160. The van der Waals surface area contributed by atoms with Crippen LogP contribution >= 0.6 is 0 Å². The Morgan fingerprint density at radius 1 is 1.33 bits per heavy atom. The average Bonchev–Trinajstić information content (AvgIpc) is 3.28. The van der Waals surface area contributed by atoms with Crippen LogP contribution in [-0.4, -0.2) is 45.4 Å². The van der Waals surface area contributed by atoms with Crippen molar-refractivity contribution in [2.24, 2.45) is 5.73 Å². The van der Waals surface area contributed by atoms with Crippen molar-refractivity contribution in [2.75, 3.05) is 18.0 Å². The lowest BCUT2D eigenvalue weighted by molar-refractivity contribution is -0.117. The van der Waals surface area contributed by atoms with Crippen molar-refractivity contribution in [1.29, 1.82) is 0 Å². The molecule has 1 aliphatic heterocycles. The maximum atomic E-state index is 12.4. The lowest BCUT2D eigenvalue weighted by Gasteiger charge is -2.18. The molecule has 3 heterocycles. The molecule has 8 heteroatoms. The number of carbonyl (C=O) groups is 2. The first-order chi connectivity index (χ1) is 14.2. The Labute approximate surface area is 174 Å². The highest BCUT2D eigenvalue weighted by Gasteiger charge is 2.23. The zero-order chi connectivity index (χ0) is 21.5. The number of aromatic nitrogens is 3. The molecule has 4 N–H and O–H groups in total. The number of hydrogen-bond acceptors (Lipinski definition) is 5. The summed E-state index contributed by atoms with van der Waals surface area (Å²) in [5, 5.41) is 3.80. The van der Waals surface area contributed by atoms with E-state index in [0.717, 1.165) is 40.8 Å². The predicted octanol–water partition coefficient (Wildman–Crippen LogP) is 2.53. The standard InChI is InChI=1S/C22H26N6O2/c1-13-15-9-14(28-8-4-5-19(28)29)6-7-16(15)27-20(13)17-10-24-11-18(26-17)21(30)25-12-22(2,3)23/h6-7,9-11,27H,4-5,8,12,23H2,1-3H3,(H,25,30). The summed E-state index contributed by atoms with van der Waals surface area (Å²) in [4.78, 5) is 38.4. The number of nitrogens with one attached hydrogen (secondary N) is 2. The van der Waals surface area contributed by atoms with E-state index in [9.17, 15) is 9.59 Å². The third-order valence-electron chi connectivity index (χ3n) is 5.25. The van der Waals surface area contributed by atoms with E-state index in [0.29, 0.717) is 18.7 Å². The van der Waals surface area contributed by atoms with Gasteiger partial charge in [0.05, 0.1) is 18.1 Å². The quantitative estimate of drug-likeness (QED) is 0.602. The maximum absolute atomic E-state index is 12.4. The van der Waals surface area contributed by atoms with E-state index in [1.54, 1.807) is 6.20 Å². The summed E-state index contributed by atoms with van der Waals surface area (Å²) in [5.41, 5.74) is 9.88. The molecule has 0 saturated carbocycles. The predicted molar refractivity (Wildman–Crippen MR) is 116 cm³/mol. The van der Waals surface area contributed by atoms with Crippen LogP contribution in [0.25, 0.3) is 22.3 Å². The summed E-state index contributed by atoms with van der Waals surface area (Å²) in [6.45, 7) is 6.76. The van der Waals surface area contributed by atoms with Crippen LogP contribution in [0.3, 0.4) is 0 Å². The Bertz CT molecular complexity index is 1130. The molecular formula is C22H26N6O2. The second-order valence-corrected chi connectivity index (χ2v) is 8.46. The van der Waals surface area contributed by atoms with Crippen LogP contribution in [-0.2, 0) is 4.79 Å². The second-order valence-electron chi connectivity index (χ2n) is 8.46. The van der Waals surface area contributed by atoms with Crippen LogP contribution in [0, 0.1) is 6.92 Å². The Hall–Kier alpha value is -3.26. The van der Waals surface area contributed by atoms with Crippen LogP contribution in [0.1, 0.15) is 42.7 Å². The molecule has 3 aromatic rings. The number of rotatable bonds is 5. The molecule has 2 amide bonds. The molecule has 1 saturated heterocycles. The van der Waals surface area contributed by atoms with E-state index < -0.39 is 5.54 Å². The lowest BCUT2D eigenvalue weighted by Crippen LogP contribution is -2.45. The minimum atomic E-state index is -0.511. The van der Waals surface area contributed by atoms with Crippen molar-refractivity contribution in [3.05, 3.63) is 41.9 Å². The molecule has 2 aromatic heterocycles. The van der Waals surface area contributed by atoms with E-state index in [1.165, 1.54) is 6.20 Å². The summed E-state index contributed by atoms with van der Waals surface area (Å²) in [6, 6.07) is 5.96. The van der Waals surface area contributed by atoms with Crippen molar-refractivity contribution in [1.82, 2.24) is 20.3 Å². The number of H-pyrrole nitrogens is 1. The van der Waals surface area contributed by atoms with Crippen molar-refractivity contribution in [3.63, 3.8) is 0 Å². The number of nitrogens with two attached hydrogens (primary N) is 1. The fourth-order valence-corrected chi connectivity index (χ4v) is 3.65. The summed E-state index contributed by atoms with van der Waals surface area (Å²) < 4.78 is 0. The molecule has 8 nitrogen and oxygen atoms in total. The fraction of sp³-hybridized carbons (Fsp3) is 0.364. The Balaban J connectivity index is 1.65. The van der Waals surface area contributed by atoms with Crippen LogP contribution in [0.15, 0.2) is 30.6 Å². The first-order valence-corrected chi connectivity index (χ1v) is 10.1. The first-order valence-electron chi connectivity index (χ1n) is 10.1. The highest BCUT2D eigenvalue weighted by Crippen LogP contribution is 2.32. The van der Waals surface area contributed by atoms with Gasteiger partial charge in [0, 0.05) is 41.6 Å². The molecule has 30 heavy (non-hydrogen) atoms. The van der Waals surface area contributed by atoms with Gasteiger partial charge in [0.1, 0.15) is 11.4 Å². The number of fused-ring (bicyclic) bond motifs is 1. The second kappa shape index (κ2) is 7.53. The van der Waals surface area contributed by atoms with Crippen molar-refractivity contribution in [2.45, 2.75) is 39.2 Å². The Kier molecular flexibility index (Phi) is 5.03. The number of amides is 2.